The third kappa shape index (κ3) is 7.73. The Morgan fingerprint density at radius 3 is 2.34 bits per heavy atom. The van der Waals surface area contributed by atoms with E-state index in [1.165, 1.54) is 0 Å². The Balaban J connectivity index is 0.655. The molecule has 2 aromatic carbocycles. The number of amides is 4. The van der Waals surface area contributed by atoms with Crippen molar-refractivity contribution >= 4 is 57.7 Å². The van der Waals surface area contributed by atoms with Crippen molar-refractivity contribution in [3.8, 4) is 5.82 Å². The van der Waals surface area contributed by atoms with Gasteiger partial charge in [-0.2, -0.15) is 4.98 Å². The Kier molecular flexibility index (Phi) is 11.2. The number of piperidine rings is 2. The molecule has 352 valence electrons. The lowest BCUT2D eigenvalue weighted by Crippen LogP contribution is -2.55. The van der Waals surface area contributed by atoms with Crippen LogP contribution in [0.3, 0.4) is 0 Å². The number of likely N-dealkylation sites (tertiary alicyclic amines) is 1. The highest BCUT2D eigenvalue weighted by molar-refractivity contribution is 6.23. The van der Waals surface area contributed by atoms with Crippen LogP contribution in [0.5, 0.6) is 0 Å². The zero-order chi connectivity index (χ0) is 46.8. The van der Waals surface area contributed by atoms with Crippen LogP contribution in [0.25, 0.3) is 16.9 Å². The number of carbonyl (C=O) groups excluding carboxylic acids is 4. The first-order chi connectivity index (χ1) is 33.0. The first-order valence-corrected chi connectivity index (χ1v) is 24.0. The second-order valence-electron chi connectivity index (χ2n) is 19.2. The molecule has 3 aromatic heterocycles. The molecule has 2 atom stereocenters. The number of allylic oxidation sites excluding steroid dienone is 1. The van der Waals surface area contributed by atoms with Crippen molar-refractivity contribution in [2.24, 2.45) is 5.92 Å². The number of anilines is 4. The Bertz CT molecular complexity index is 2910. The van der Waals surface area contributed by atoms with E-state index in [1.54, 1.807) is 33.8 Å². The summed E-state index contributed by atoms with van der Waals surface area (Å²) in [6, 6.07) is 17.1. The zero-order valence-corrected chi connectivity index (χ0v) is 38.3. The van der Waals surface area contributed by atoms with E-state index in [9.17, 15) is 29.1 Å². The van der Waals surface area contributed by atoms with Crippen molar-refractivity contribution in [2.75, 3.05) is 74.0 Å². The molecule has 0 radical (unpaired) electrons. The molecule has 0 bridgehead atoms. The molecular formula is C50H56N12O6. The summed E-state index contributed by atoms with van der Waals surface area (Å²) in [5, 5.41) is 17.2. The topological polar surface area (TPSA) is 194 Å². The minimum atomic E-state index is -0.999. The average Bonchev–Trinajstić information content (AvgIpc) is 3.91. The van der Waals surface area contributed by atoms with Gasteiger partial charge in [0, 0.05) is 87.5 Å². The SMILES string of the molecule is C=CCn1c(=O)c2cnc(Nc3ccc(N4CCN(C5CCN(CC6CN(c7ccc8c(c7)C(=O)N(C7CCC(=O)NC7=O)C8=O)C6)CC5)CC4)cc3)nc2n1-c1ccc2c(n1)[C@@](O)(CC)CC2. The van der Waals surface area contributed by atoms with E-state index in [1.807, 2.05) is 37.3 Å². The van der Waals surface area contributed by atoms with Crippen molar-refractivity contribution in [2.45, 2.75) is 76.1 Å². The fourth-order valence-electron chi connectivity index (χ4n) is 11.2. The molecule has 1 aliphatic carbocycles. The standard InChI is InChI=1S/C50H56N12O6/c1-3-19-60-46(65)39-27-51-49(55-44(39)62(60)41-13-5-32-15-18-50(68,4-2)43(32)53-41)52-33-6-8-34(9-7-33)57-22-24-58(25-23-57)35-16-20-56(21-17-35)28-31-29-59(30-31)36-10-11-37-38(26-36)48(67)61(47(37)66)40-12-14-42(63)54-45(40)64/h3,5-11,13,26-27,31,35,40,68H,1,4,12,14-25,28-30H2,2H3,(H,51,52,55)(H,54,63,64)/t40?,50-/m1/s1. The molecule has 5 aliphatic heterocycles. The van der Waals surface area contributed by atoms with E-state index < -0.39 is 29.4 Å². The summed E-state index contributed by atoms with van der Waals surface area (Å²) in [4.78, 5) is 89.3. The van der Waals surface area contributed by atoms with Crippen molar-refractivity contribution in [1.29, 1.82) is 0 Å². The van der Waals surface area contributed by atoms with Gasteiger partial charge < -0.3 is 25.1 Å². The van der Waals surface area contributed by atoms with E-state index in [0.29, 0.717) is 64.4 Å². The van der Waals surface area contributed by atoms with E-state index in [4.69, 9.17) is 9.97 Å². The Morgan fingerprint density at radius 2 is 1.60 bits per heavy atom. The van der Waals surface area contributed by atoms with Gasteiger partial charge in [-0.3, -0.25) is 39.1 Å². The predicted octanol–water partition coefficient (Wildman–Crippen LogP) is 3.57. The van der Waals surface area contributed by atoms with Gasteiger partial charge in [-0.05, 0) is 106 Å². The molecule has 5 aromatic rings. The average molecular weight is 921 g/mol. The summed E-state index contributed by atoms with van der Waals surface area (Å²) in [6.45, 7) is 15.0. The molecule has 4 saturated heterocycles. The molecule has 6 aliphatic rings. The van der Waals surface area contributed by atoms with Crippen molar-refractivity contribution in [1.82, 2.24) is 44.3 Å². The van der Waals surface area contributed by atoms with Crippen LogP contribution in [0.1, 0.15) is 77.4 Å². The molecule has 11 rings (SSSR count). The van der Waals surface area contributed by atoms with Crippen LogP contribution >= 0.6 is 0 Å². The van der Waals surface area contributed by atoms with Crippen LogP contribution in [0.2, 0.25) is 0 Å². The first kappa shape index (κ1) is 43.8. The third-order valence-electron chi connectivity index (χ3n) is 15.1. The summed E-state index contributed by atoms with van der Waals surface area (Å²) < 4.78 is 3.25. The number of nitrogens with zero attached hydrogens (tertiary/aromatic N) is 10. The molecule has 4 amide bonds. The molecule has 8 heterocycles. The second kappa shape index (κ2) is 17.4. The maximum absolute atomic E-state index is 13.6. The summed E-state index contributed by atoms with van der Waals surface area (Å²) in [6.07, 6.45) is 7.68. The number of benzene rings is 2. The summed E-state index contributed by atoms with van der Waals surface area (Å²) in [7, 11) is 0. The molecule has 18 nitrogen and oxygen atoms in total. The fourth-order valence-corrected chi connectivity index (χ4v) is 11.2. The number of aliphatic hydroxyl groups is 1. The number of aromatic nitrogens is 5. The van der Waals surface area contributed by atoms with Gasteiger partial charge in [0.15, 0.2) is 11.5 Å². The minimum Gasteiger partial charge on any atom is -0.384 e. The van der Waals surface area contributed by atoms with Crippen molar-refractivity contribution < 1.29 is 24.3 Å². The van der Waals surface area contributed by atoms with Crippen molar-refractivity contribution in [3.05, 3.63) is 106 Å². The maximum atomic E-state index is 13.6. The van der Waals surface area contributed by atoms with E-state index in [2.05, 4.69) is 53.9 Å². The lowest BCUT2D eigenvalue weighted by atomic mass is 9.95. The summed E-state index contributed by atoms with van der Waals surface area (Å²) in [5.74, 6) is -0.564. The Hall–Kier alpha value is -6.76. The Labute approximate surface area is 393 Å². The van der Waals surface area contributed by atoms with E-state index >= 15 is 0 Å². The first-order valence-electron chi connectivity index (χ1n) is 24.0. The zero-order valence-electron chi connectivity index (χ0n) is 38.3. The molecule has 0 spiro atoms. The van der Waals surface area contributed by atoms with Crippen LogP contribution in [0, 0.1) is 5.92 Å². The highest BCUT2D eigenvalue weighted by Crippen LogP contribution is 2.39. The van der Waals surface area contributed by atoms with Gasteiger partial charge in [0.05, 0.1) is 23.4 Å². The third-order valence-corrected chi connectivity index (χ3v) is 15.1. The van der Waals surface area contributed by atoms with Gasteiger partial charge >= 0.3 is 0 Å². The molecule has 18 heteroatoms. The lowest BCUT2D eigenvalue weighted by Gasteiger charge is -2.46. The molecule has 3 N–H and O–H groups in total. The summed E-state index contributed by atoms with van der Waals surface area (Å²) >= 11 is 0. The molecule has 4 fully saturated rings. The van der Waals surface area contributed by atoms with E-state index in [-0.39, 0.29) is 30.9 Å². The van der Waals surface area contributed by atoms with Gasteiger partial charge in [-0.1, -0.05) is 19.1 Å². The number of pyridine rings is 1. The lowest BCUT2D eigenvalue weighted by molar-refractivity contribution is -0.136. The number of carbonyl (C=O) groups is 4. The van der Waals surface area contributed by atoms with Crippen LogP contribution in [-0.4, -0.2) is 139 Å². The monoisotopic (exact) mass is 920 g/mol. The van der Waals surface area contributed by atoms with Crippen molar-refractivity contribution in [3.63, 3.8) is 0 Å². The quantitative estimate of drug-likeness (QED) is 0.122. The van der Waals surface area contributed by atoms with Gasteiger partial charge in [0.2, 0.25) is 17.8 Å². The van der Waals surface area contributed by atoms with Crippen LogP contribution < -0.4 is 26.0 Å². The number of aryl methyl sites for hydroxylation is 1. The number of hydrogen-bond acceptors (Lipinski definition) is 14. The molecule has 68 heavy (non-hydrogen) atoms. The second-order valence-corrected chi connectivity index (χ2v) is 19.2. The molecular weight excluding hydrogens is 865 g/mol. The fraction of sp³-hybridized carbons (Fsp3) is 0.440. The highest BCUT2D eigenvalue weighted by Gasteiger charge is 2.45. The highest BCUT2D eigenvalue weighted by atomic mass is 16.3. The smallest absolute Gasteiger partial charge is 0.278 e. The number of nitrogens with one attached hydrogen (secondary N) is 2. The number of piperazine rings is 1. The Morgan fingerprint density at radius 1 is 0.853 bits per heavy atom. The van der Waals surface area contributed by atoms with Gasteiger partial charge in [0.1, 0.15) is 17.0 Å². The number of fused-ring (bicyclic) bond motifs is 3. The van der Waals surface area contributed by atoms with Gasteiger partial charge in [0.25, 0.3) is 17.4 Å². The van der Waals surface area contributed by atoms with Gasteiger partial charge in [-0.15, -0.1) is 6.58 Å². The van der Waals surface area contributed by atoms with E-state index in [0.717, 1.165) is 106 Å². The largest absolute Gasteiger partial charge is 0.384 e. The maximum Gasteiger partial charge on any atom is 0.278 e. The number of rotatable bonds is 12. The number of hydrogen-bond donors (Lipinski definition) is 3. The molecule has 0 saturated carbocycles. The minimum absolute atomic E-state index is 0.0962. The summed E-state index contributed by atoms with van der Waals surface area (Å²) in [5.41, 5.74) is 4.37. The molecule has 1 unspecified atom stereocenters. The van der Waals surface area contributed by atoms with Crippen LogP contribution in [0.15, 0.2) is 78.2 Å². The van der Waals surface area contributed by atoms with Crippen LogP contribution in [-0.2, 0) is 28.2 Å². The van der Waals surface area contributed by atoms with Gasteiger partial charge in [-0.25, -0.2) is 19.3 Å². The predicted molar refractivity (Wildman–Crippen MR) is 255 cm³/mol. The normalized spacial score (nSPS) is 22.7. The number of imide groups is 2. The van der Waals surface area contributed by atoms with Crippen LogP contribution in [0.4, 0.5) is 23.0 Å².